The van der Waals surface area contributed by atoms with Gasteiger partial charge in [0.2, 0.25) is 5.89 Å². The zero-order valence-corrected chi connectivity index (χ0v) is 12.1. The molecule has 1 rings (SSSR count). The molecule has 0 aliphatic rings. The third kappa shape index (κ3) is 4.73. The summed E-state index contributed by atoms with van der Waals surface area (Å²) in [4.78, 5) is 4.11. The number of hydrogen-bond donors (Lipinski definition) is 1. The van der Waals surface area contributed by atoms with Crippen LogP contribution in [0.25, 0.3) is 0 Å². The first-order chi connectivity index (χ1) is 8.30. The Balaban J connectivity index is 2.49. The Morgan fingerprint density at radius 2 is 2.00 bits per heavy atom. The topological polar surface area (TPSA) is 85.1 Å². The van der Waals surface area contributed by atoms with Crippen LogP contribution in [0.1, 0.15) is 44.2 Å². The van der Waals surface area contributed by atoms with Crippen LogP contribution in [0.4, 0.5) is 0 Å². The second kappa shape index (κ2) is 6.29. The zero-order chi connectivity index (χ0) is 13.8. The molecule has 0 amide bonds. The van der Waals surface area contributed by atoms with Crippen molar-refractivity contribution in [3.63, 3.8) is 0 Å². The van der Waals surface area contributed by atoms with E-state index in [9.17, 15) is 8.42 Å². The number of hydrogen-bond acceptors (Lipinski definition) is 6. The van der Waals surface area contributed by atoms with Crippen LogP contribution in [0.3, 0.4) is 0 Å². The Morgan fingerprint density at radius 3 is 2.56 bits per heavy atom. The van der Waals surface area contributed by atoms with Crippen LogP contribution in [-0.4, -0.2) is 37.4 Å². The van der Waals surface area contributed by atoms with Gasteiger partial charge in [-0.15, -0.1) is 0 Å². The lowest BCUT2D eigenvalue weighted by molar-refractivity contribution is 0.368. The van der Waals surface area contributed by atoms with Crippen molar-refractivity contribution in [2.45, 2.75) is 44.9 Å². The maximum absolute atomic E-state index is 11.3. The van der Waals surface area contributed by atoms with Crippen LogP contribution in [-0.2, 0) is 16.3 Å². The van der Waals surface area contributed by atoms with Gasteiger partial charge in [-0.1, -0.05) is 19.0 Å². The molecule has 0 saturated heterocycles. The van der Waals surface area contributed by atoms with Gasteiger partial charge in [0.15, 0.2) is 15.7 Å². The summed E-state index contributed by atoms with van der Waals surface area (Å²) in [7, 11) is -3.18. The minimum atomic E-state index is -3.18. The molecule has 1 aromatic rings. The number of aryl methyl sites for hydroxylation is 1. The molecule has 18 heavy (non-hydrogen) atoms. The molecule has 1 unspecified atom stereocenters. The Labute approximate surface area is 108 Å². The summed E-state index contributed by atoms with van der Waals surface area (Å²) in [6, 6.07) is 0.452. The van der Waals surface area contributed by atoms with Crippen LogP contribution in [0, 0.1) is 0 Å². The van der Waals surface area contributed by atoms with Crippen molar-refractivity contribution < 1.29 is 12.9 Å². The van der Waals surface area contributed by atoms with Crippen LogP contribution >= 0.6 is 0 Å². The number of nitrogens with one attached hydrogen (secondary N) is 1. The molecule has 0 bridgehead atoms. The minimum absolute atomic E-state index is 0.240. The predicted octanol–water partition coefficient (Wildman–Crippen LogP) is 1.11. The smallest absolute Gasteiger partial charge is 0.226 e. The van der Waals surface area contributed by atoms with E-state index < -0.39 is 15.1 Å². The zero-order valence-electron chi connectivity index (χ0n) is 11.3. The average Bonchev–Trinajstić information content (AvgIpc) is 2.70. The highest BCUT2D eigenvalue weighted by Crippen LogP contribution is 2.17. The average molecular weight is 275 g/mol. The summed E-state index contributed by atoms with van der Waals surface area (Å²) in [5.41, 5.74) is 0. The van der Waals surface area contributed by atoms with Crippen molar-refractivity contribution >= 4 is 9.84 Å². The molecule has 0 fully saturated rings. The SMILES string of the molecule is CC(C)NCCCc1nc(C(C)S(C)(=O)=O)no1. The van der Waals surface area contributed by atoms with Gasteiger partial charge in [-0.3, -0.25) is 0 Å². The minimum Gasteiger partial charge on any atom is -0.339 e. The highest BCUT2D eigenvalue weighted by atomic mass is 32.2. The van der Waals surface area contributed by atoms with Gasteiger partial charge in [0.25, 0.3) is 0 Å². The van der Waals surface area contributed by atoms with Crippen LogP contribution < -0.4 is 5.32 Å². The van der Waals surface area contributed by atoms with Crippen molar-refractivity contribution in [3.8, 4) is 0 Å². The first-order valence-corrected chi connectivity index (χ1v) is 8.01. The first-order valence-electron chi connectivity index (χ1n) is 6.05. The molecule has 1 aromatic heterocycles. The Hall–Kier alpha value is -0.950. The normalized spacial score (nSPS) is 14.1. The summed E-state index contributed by atoms with van der Waals surface area (Å²) in [6.07, 6.45) is 2.70. The van der Waals surface area contributed by atoms with Gasteiger partial charge >= 0.3 is 0 Å². The summed E-state index contributed by atoms with van der Waals surface area (Å²) < 4.78 is 27.7. The molecular formula is C11H21N3O3S. The maximum Gasteiger partial charge on any atom is 0.226 e. The summed E-state index contributed by atoms with van der Waals surface area (Å²) in [5.74, 6) is 0.732. The summed E-state index contributed by atoms with van der Waals surface area (Å²) in [5, 5.41) is 6.28. The fourth-order valence-electron chi connectivity index (χ4n) is 1.36. The fraction of sp³-hybridized carbons (Fsp3) is 0.818. The summed E-state index contributed by atoms with van der Waals surface area (Å²) >= 11 is 0. The third-order valence-corrected chi connectivity index (χ3v) is 4.10. The van der Waals surface area contributed by atoms with Gasteiger partial charge in [0.05, 0.1) is 0 Å². The molecule has 0 radical (unpaired) electrons. The molecule has 104 valence electrons. The lowest BCUT2D eigenvalue weighted by Crippen LogP contribution is -2.23. The second-order valence-corrected chi connectivity index (χ2v) is 7.10. The van der Waals surface area contributed by atoms with Crippen molar-refractivity contribution in [2.24, 2.45) is 0 Å². The predicted molar refractivity (Wildman–Crippen MR) is 69.0 cm³/mol. The molecule has 0 aliphatic carbocycles. The van der Waals surface area contributed by atoms with Crippen LogP contribution in [0.15, 0.2) is 4.52 Å². The van der Waals surface area contributed by atoms with Gasteiger partial charge in [-0.2, -0.15) is 4.98 Å². The Kier molecular flexibility index (Phi) is 5.28. The standard InChI is InChI=1S/C11H21N3O3S/c1-8(2)12-7-5-6-10-13-11(14-17-10)9(3)18(4,15)16/h8-9,12H,5-7H2,1-4H3. The van der Waals surface area contributed by atoms with E-state index in [2.05, 4.69) is 29.3 Å². The van der Waals surface area contributed by atoms with E-state index in [4.69, 9.17) is 4.52 Å². The Bertz CT molecular complexity index is 468. The fourth-order valence-corrected chi connectivity index (χ4v) is 1.84. The molecule has 0 aliphatic heterocycles. The van der Waals surface area contributed by atoms with E-state index >= 15 is 0 Å². The Morgan fingerprint density at radius 1 is 1.33 bits per heavy atom. The lowest BCUT2D eigenvalue weighted by atomic mass is 10.3. The van der Waals surface area contributed by atoms with Crippen molar-refractivity contribution in [1.29, 1.82) is 0 Å². The first kappa shape index (κ1) is 15.1. The van der Waals surface area contributed by atoms with Crippen molar-refractivity contribution in [3.05, 3.63) is 11.7 Å². The highest BCUT2D eigenvalue weighted by molar-refractivity contribution is 7.90. The van der Waals surface area contributed by atoms with Crippen molar-refractivity contribution in [2.75, 3.05) is 12.8 Å². The number of aromatic nitrogens is 2. The number of sulfone groups is 1. The van der Waals surface area contributed by atoms with E-state index in [-0.39, 0.29) is 5.82 Å². The number of rotatable bonds is 7. The van der Waals surface area contributed by atoms with Crippen molar-refractivity contribution in [1.82, 2.24) is 15.5 Å². The van der Waals surface area contributed by atoms with Gasteiger partial charge in [-0.05, 0) is 19.9 Å². The van der Waals surface area contributed by atoms with Gasteiger partial charge < -0.3 is 9.84 Å². The van der Waals surface area contributed by atoms with Crippen LogP contribution in [0.2, 0.25) is 0 Å². The third-order valence-electron chi connectivity index (χ3n) is 2.61. The van der Waals surface area contributed by atoms with Gasteiger partial charge in [-0.25, -0.2) is 8.42 Å². The molecular weight excluding hydrogens is 254 g/mol. The van der Waals surface area contributed by atoms with E-state index in [1.807, 2.05) is 0 Å². The van der Waals surface area contributed by atoms with Gasteiger partial charge in [0, 0.05) is 18.7 Å². The molecule has 1 heterocycles. The summed E-state index contributed by atoms with van der Waals surface area (Å²) in [6.45, 7) is 6.60. The highest BCUT2D eigenvalue weighted by Gasteiger charge is 2.22. The monoisotopic (exact) mass is 275 g/mol. The molecule has 6 nitrogen and oxygen atoms in total. The van der Waals surface area contributed by atoms with Gasteiger partial charge in [0.1, 0.15) is 5.25 Å². The molecule has 7 heteroatoms. The van der Waals surface area contributed by atoms with Crippen LogP contribution in [0.5, 0.6) is 0 Å². The lowest BCUT2D eigenvalue weighted by Gasteiger charge is -2.05. The maximum atomic E-state index is 11.3. The van der Waals surface area contributed by atoms with E-state index in [1.165, 1.54) is 6.26 Å². The van der Waals surface area contributed by atoms with E-state index in [0.29, 0.717) is 18.4 Å². The molecule has 1 atom stereocenters. The molecule has 0 saturated carbocycles. The van der Waals surface area contributed by atoms with E-state index in [1.54, 1.807) is 6.92 Å². The molecule has 1 N–H and O–H groups in total. The quantitative estimate of drug-likeness (QED) is 0.750. The number of nitrogens with zero attached hydrogens (tertiary/aromatic N) is 2. The largest absolute Gasteiger partial charge is 0.339 e. The van der Waals surface area contributed by atoms with E-state index in [0.717, 1.165) is 13.0 Å². The molecule has 0 spiro atoms. The molecule has 0 aromatic carbocycles. The second-order valence-electron chi connectivity index (χ2n) is 4.73.